The van der Waals surface area contributed by atoms with Crippen molar-refractivity contribution in [2.75, 3.05) is 11.1 Å². The number of anilines is 1. The largest absolute Gasteiger partial charge is 0.324 e. The van der Waals surface area contributed by atoms with Crippen LogP contribution in [0.4, 0.5) is 5.69 Å². The van der Waals surface area contributed by atoms with Gasteiger partial charge in [0.05, 0.1) is 28.0 Å². The third kappa shape index (κ3) is 6.42. The standard InChI is InChI=1S/C18H20Cl2N2O2S/c1-18(2,3)25-11-16(23)21-13-5-7-17(24)22(10-13)9-12-4-6-14(19)15(20)8-12/h4-8,10H,9,11H2,1-3H3,(H,21,23). The van der Waals surface area contributed by atoms with Crippen LogP contribution in [0.3, 0.4) is 0 Å². The molecule has 2 rings (SSSR count). The second-order valence-electron chi connectivity index (χ2n) is 6.58. The zero-order chi connectivity index (χ0) is 18.6. The summed E-state index contributed by atoms with van der Waals surface area (Å²) in [7, 11) is 0. The first-order chi connectivity index (χ1) is 11.6. The third-order valence-corrected chi connectivity index (χ3v) is 5.25. The lowest BCUT2D eigenvalue weighted by Gasteiger charge is -2.17. The van der Waals surface area contributed by atoms with Crippen molar-refractivity contribution in [2.24, 2.45) is 0 Å². The highest BCUT2D eigenvalue weighted by Gasteiger charge is 2.13. The van der Waals surface area contributed by atoms with E-state index in [4.69, 9.17) is 23.2 Å². The molecule has 1 amide bonds. The summed E-state index contributed by atoms with van der Waals surface area (Å²) in [5.41, 5.74) is 1.27. The van der Waals surface area contributed by atoms with Gasteiger partial charge in [-0.15, -0.1) is 11.8 Å². The summed E-state index contributed by atoms with van der Waals surface area (Å²) in [5, 5.41) is 3.73. The van der Waals surface area contributed by atoms with E-state index in [1.54, 1.807) is 36.2 Å². The van der Waals surface area contributed by atoms with Gasteiger partial charge in [0.2, 0.25) is 5.91 Å². The number of hydrogen-bond donors (Lipinski definition) is 1. The van der Waals surface area contributed by atoms with Gasteiger partial charge in [0.15, 0.2) is 0 Å². The van der Waals surface area contributed by atoms with Crippen molar-refractivity contribution < 1.29 is 4.79 Å². The van der Waals surface area contributed by atoms with E-state index in [-0.39, 0.29) is 16.2 Å². The Bertz CT molecular complexity index is 829. The Morgan fingerprint density at radius 1 is 1.16 bits per heavy atom. The number of pyridine rings is 1. The number of hydrogen-bond acceptors (Lipinski definition) is 3. The predicted molar refractivity (Wildman–Crippen MR) is 107 cm³/mol. The Hall–Kier alpha value is -1.43. The minimum absolute atomic E-state index is 0.0178. The van der Waals surface area contributed by atoms with E-state index >= 15 is 0 Å². The number of halogens is 2. The zero-order valence-electron chi connectivity index (χ0n) is 14.3. The lowest BCUT2D eigenvalue weighted by atomic mass is 10.2. The van der Waals surface area contributed by atoms with E-state index in [1.807, 2.05) is 6.07 Å². The smallest absolute Gasteiger partial charge is 0.250 e. The Morgan fingerprint density at radius 3 is 2.52 bits per heavy atom. The van der Waals surface area contributed by atoms with Gasteiger partial charge in [0.1, 0.15) is 0 Å². The molecule has 0 saturated carbocycles. The zero-order valence-corrected chi connectivity index (χ0v) is 16.6. The summed E-state index contributed by atoms with van der Waals surface area (Å²) in [4.78, 5) is 24.1. The van der Waals surface area contributed by atoms with Gasteiger partial charge in [-0.05, 0) is 23.8 Å². The minimum atomic E-state index is -0.159. The lowest BCUT2D eigenvalue weighted by molar-refractivity contribution is -0.113. The van der Waals surface area contributed by atoms with Gasteiger partial charge in [-0.25, -0.2) is 0 Å². The number of nitrogens with one attached hydrogen (secondary N) is 1. The van der Waals surface area contributed by atoms with E-state index in [9.17, 15) is 9.59 Å². The number of aromatic nitrogens is 1. The summed E-state index contributed by atoms with van der Waals surface area (Å²) < 4.78 is 1.54. The van der Waals surface area contributed by atoms with E-state index in [0.29, 0.717) is 28.0 Å². The summed E-state index contributed by atoms with van der Waals surface area (Å²) in [6.07, 6.45) is 1.63. The number of benzene rings is 1. The molecular weight excluding hydrogens is 379 g/mol. The van der Waals surface area contributed by atoms with Crippen molar-refractivity contribution >= 4 is 46.6 Å². The summed E-state index contributed by atoms with van der Waals surface area (Å²) in [6, 6.07) is 8.27. The van der Waals surface area contributed by atoms with E-state index in [0.717, 1.165) is 5.56 Å². The van der Waals surface area contributed by atoms with Gasteiger partial charge in [-0.1, -0.05) is 50.0 Å². The average Bonchev–Trinajstić information content (AvgIpc) is 2.51. The van der Waals surface area contributed by atoms with Crippen LogP contribution in [0.25, 0.3) is 0 Å². The molecule has 1 aromatic heterocycles. The molecule has 0 bridgehead atoms. The first kappa shape index (κ1) is 19.9. The Labute approximate surface area is 161 Å². The molecule has 4 nitrogen and oxygen atoms in total. The fraction of sp³-hybridized carbons (Fsp3) is 0.333. The molecule has 0 aliphatic heterocycles. The molecule has 1 heterocycles. The minimum Gasteiger partial charge on any atom is -0.324 e. The van der Waals surface area contributed by atoms with Gasteiger partial charge >= 0.3 is 0 Å². The molecule has 25 heavy (non-hydrogen) atoms. The molecule has 0 saturated heterocycles. The van der Waals surface area contributed by atoms with Crippen LogP contribution in [0.5, 0.6) is 0 Å². The Kier molecular flexibility index (Phi) is 6.60. The molecule has 0 aliphatic carbocycles. The van der Waals surface area contributed by atoms with Crippen LogP contribution in [0.15, 0.2) is 41.3 Å². The van der Waals surface area contributed by atoms with E-state index in [2.05, 4.69) is 26.1 Å². The second-order valence-corrected chi connectivity index (χ2v) is 9.20. The summed E-state index contributed by atoms with van der Waals surface area (Å²) >= 11 is 13.5. The highest BCUT2D eigenvalue weighted by molar-refractivity contribution is 8.01. The number of carbonyl (C=O) groups excluding carboxylic acids is 1. The molecule has 134 valence electrons. The summed E-state index contributed by atoms with van der Waals surface area (Å²) in [6.45, 7) is 6.52. The number of thioether (sulfide) groups is 1. The van der Waals surface area contributed by atoms with Crippen LogP contribution in [0.2, 0.25) is 10.0 Å². The highest BCUT2D eigenvalue weighted by atomic mass is 35.5. The average molecular weight is 399 g/mol. The molecule has 7 heteroatoms. The second kappa shape index (κ2) is 8.30. The predicted octanol–water partition coefficient (Wildman–Crippen LogP) is 4.67. The van der Waals surface area contributed by atoms with Gasteiger partial charge in [0.25, 0.3) is 5.56 Å². The normalized spacial score (nSPS) is 11.4. The topological polar surface area (TPSA) is 51.1 Å². The van der Waals surface area contributed by atoms with E-state index < -0.39 is 0 Å². The molecular formula is C18H20Cl2N2O2S. The van der Waals surface area contributed by atoms with Crippen molar-refractivity contribution in [3.8, 4) is 0 Å². The summed E-state index contributed by atoms with van der Waals surface area (Å²) in [5.74, 6) is 0.259. The molecule has 0 unspecified atom stereocenters. The van der Waals surface area contributed by atoms with Crippen molar-refractivity contribution in [3.63, 3.8) is 0 Å². The van der Waals surface area contributed by atoms with Crippen LogP contribution in [-0.4, -0.2) is 21.0 Å². The van der Waals surface area contributed by atoms with E-state index in [1.165, 1.54) is 10.6 Å². The molecule has 0 aliphatic rings. The van der Waals surface area contributed by atoms with Crippen molar-refractivity contribution in [1.29, 1.82) is 0 Å². The van der Waals surface area contributed by atoms with Crippen LogP contribution >= 0.6 is 35.0 Å². The molecule has 0 radical (unpaired) electrons. The highest BCUT2D eigenvalue weighted by Crippen LogP contribution is 2.24. The van der Waals surface area contributed by atoms with Crippen LogP contribution in [0, 0.1) is 0 Å². The fourth-order valence-corrected chi connectivity index (χ4v) is 3.00. The van der Waals surface area contributed by atoms with Crippen molar-refractivity contribution in [3.05, 3.63) is 62.5 Å². The Morgan fingerprint density at radius 2 is 1.88 bits per heavy atom. The first-order valence-corrected chi connectivity index (χ1v) is 9.46. The third-order valence-electron chi connectivity index (χ3n) is 3.24. The maximum absolute atomic E-state index is 12.1. The van der Waals surface area contributed by atoms with Crippen LogP contribution in [0.1, 0.15) is 26.3 Å². The molecule has 0 atom stereocenters. The quantitative estimate of drug-likeness (QED) is 0.795. The number of amides is 1. The SMILES string of the molecule is CC(C)(C)SCC(=O)Nc1ccc(=O)n(Cc2ccc(Cl)c(Cl)c2)c1. The van der Waals surface area contributed by atoms with Gasteiger partial charge in [-0.3, -0.25) is 9.59 Å². The monoisotopic (exact) mass is 398 g/mol. The molecule has 0 spiro atoms. The fourth-order valence-electron chi connectivity index (χ4n) is 2.04. The maximum Gasteiger partial charge on any atom is 0.250 e. The van der Waals surface area contributed by atoms with Crippen LogP contribution in [-0.2, 0) is 11.3 Å². The molecule has 1 N–H and O–H groups in total. The molecule has 0 fully saturated rings. The van der Waals surface area contributed by atoms with Gasteiger partial charge < -0.3 is 9.88 Å². The van der Waals surface area contributed by atoms with Gasteiger partial charge in [0, 0.05) is 17.0 Å². The van der Waals surface area contributed by atoms with Crippen molar-refractivity contribution in [1.82, 2.24) is 4.57 Å². The van der Waals surface area contributed by atoms with Crippen LogP contribution < -0.4 is 10.9 Å². The lowest BCUT2D eigenvalue weighted by Crippen LogP contribution is -2.22. The molecule has 2 aromatic rings. The first-order valence-electron chi connectivity index (χ1n) is 7.72. The molecule has 1 aromatic carbocycles. The number of rotatable bonds is 5. The maximum atomic E-state index is 12.1. The Balaban J connectivity index is 2.10. The number of nitrogens with zero attached hydrogens (tertiary/aromatic N) is 1. The van der Waals surface area contributed by atoms with Crippen molar-refractivity contribution in [2.45, 2.75) is 32.1 Å². The number of carbonyl (C=O) groups is 1. The van der Waals surface area contributed by atoms with Gasteiger partial charge in [-0.2, -0.15) is 0 Å².